The summed E-state index contributed by atoms with van der Waals surface area (Å²) >= 11 is 0. The van der Waals surface area contributed by atoms with Gasteiger partial charge in [0.05, 0.1) is 5.83 Å². The van der Waals surface area contributed by atoms with Crippen molar-refractivity contribution in [1.29, 1.82) is 0 Å². The Hall–Kier alpha value is -0.880. The van der Waals surface area contributed by atoms with E-state index in [0.717, 1.165) is 6.92 Å². The molecular formula is C13H20F4O2. The molecule has 0 aliphatic rings. The third-order valence-electron chi connectivity index (χ3n) is 2.78. The number of halogens is 4. The first-order valence-corrected chi connectivity index (χ1v) is 5.80. The first kappa shape index (κ1) is 18.1. The van der Waals surface area contributed by atoms with Crippen LogP contribution in [-0.2, 0) is 9.47 Å². The summed E-state index contributed by atoms with van der Waals surface area (Å²) in [5, 5.41) is 0. The molecule has 0 heterocycles. The summed E-state index contributed by atoms with van der Waals surface area (Å²) in [5.41, 5.74) is -2.38. The predicted octanol–water partition coefficient (Wildman–Crippen LogP) is 4.38. The molecule has 0 aliphatic carbocycles. The van der Waals surface area contributed by atoms with Gasteiger partial charge in [0.25, 0.3) is 0 Å². The van der Waals surface area contributed by atoms with Crippen LogP contribution in [0.3, 0.4) is 0 Å². The summed E-state index contributed by atoms with van der Waals surface area (Å²) in [5.74, 6) is -1.22. The van der Waals surface area contributed by atoms with Gasteiger partial charge in [-0.3, -0.25) is 0 Å². The minimum absolute atomic E-state index is 0.145. The summed E-state index contributed by atoms with van der Waals surface area (Å²) in [7, 11) is 1.24. The molecule has 2 unspecified atom stereocenters. The van der Waals surface area contributed by atoms with E-state index >= 15 is 0 Å². The summed E-state index contributed by atoms with van der Waals surface area (Å²) in [6.07, 6.45) is -3.38. The maximum Gasteiger partial charge on any atom is 0.417 e. The number of methoxy groups -OCH3 is 1. The second-order valence-corrected chi connectivity index (χ2v) is 4.60. The van der Waals surface area contributed by atoms with E-state index in [4.69, 9.17) is 4.74 Å². The highest BCUT2D eigenvalue weighted by Gasteiger charge is 2.53. The molecule has 0 rings (SSSR count). The van der Waals surface area contributed by atoms with Crippen molar-refractivity contribution in [3.8, 4) is 0 Å². The lowest BCUT2D eigenvalue weighted by molar-refractivity contribution is -0.294. The first-order valence-electron chi connectivity index (χ1n) is 5.80. The zero-order chi connectivity index (χ0) is 15.1. The molecule has 2 atom stereocenters. The first-order chi connectivity index (χ1) is 8.66. The van der Waals surface area contributed by atoms with Crippen LogP contribution in [0.25, 0.3) is 0 Å². The number of allylic oxidation sites excluding steroid dienone is 2. The quantitative estimate of drug-likeness (QED) is 0.355. The van der Waals surface area contributed by atoms with Gasteiger partial charge in [-0.05, 0) is 25.7 Å². The smallest absolute Gasteiger partial charge is 0.359 e. The van der Waals surface area contributed by atoms with Crippen molar-refractivity contribution < 1.29 is 27.0 Å². The summed E-state index contributed by atoms with van der Waals surface area (Å²) in [6.45, 7) is 7.00. The molecule has 0 N–H and O–H groups in total. The van der Waals surface area contributed by atoms with E-state index in [0.29, 0.717) is 0 Å². The molecule has 0 bridgehead atoms. The Kier molecular flexibility index (Phi) is 7.29. The third-order valence-corrected chi connectivity index (χ3v) is 2.78. The SMILES string of the molecule is C=CCC(CC(=C)F)CC(C)(OCOC)C(F)(F)F. The molecule has 0 radical (unpaired) electrons. The predicted molar refractivity (Wildman–Crippen MR) is 65.2 cm³/mol. The van der Waals surface area contributed by atoms with Gasteiger partial charge in [0, 0.05) is 13.5 Å². The van der Waals surface area contributed by atoms with Crippen LogP contribution < -0.4 is 0 Å². The fraction of sp³-hybridized carbons (Fsp3) is 0.692. The maximum atomic E-state index is 13.0. The highest BCUT2D eigenvalue weighted by Crippen LogP contribution is 2.40. The van der Waals surface area contributed by atoms with E-state index < -0.39 is 30.3 Å². The summed E-state index contributed by atoms with van der Waals surface area (Å²) in [6, 6.07) is 0. The number of rotatable bonds is 9. The van der Waals surface area contributed by atoms with Crippen molar-refractivity contribution in [3.05, 3.63) is 25.1 Å². The standard InChI is InChI=1S/C13H20F4O2/c1-5-6-11(7-10(2)14)8-12(3,13(15,16)17)19-9-18-4/h5,11H,1-2,6-9H2,3-4H3. The minimum atomic E-state index is -4.57. The van der Waals surface area contributed by atoms with Crippen LogP contribution in [0.2, 0.25) is 0 Å². The van der Waals surface area contributed by atoms with Gasteiger partial charge >= 0.3 is 6.18 Å². The summed E-state index contributed by atoms with van der Waals surface area (Å²) in [4.78, 5) is 0. The molecule has 0 saturated heterocycles. The monoisotopic (exact) mass is 284 g/mol. The Morgan fingerprint density at radius 2 is 1.95 bits per heavy atom. The van der Waals surface area contributed by atoms with Gasteiger partial charge in [0.2, 0.25) is 0 Å². The minimum Gasteiger partial charge on any atom is -0.359 e. The second-order valence-electron chi connectivity index (χ2n) is 4.60. The van der Waals surface area contributed by atoms with Gasteiger partial charge in [0.1, 0.15) is 6.79 Å². The van der Waals surface area contributed by atoms with E-state index in [1.165, 1.54) is 13.2 Å². The van der Waals surface area contributed by atoms with Gasteiger partial charge in [-0.2, -0.15) is 13.2 Å². The zero-order valence-corrected chi connectivity index (χ0v) is 11.2. The molecule has 112 valence electrons. The molecule has 6 heteroatoms. The van der Waals surface area contributed by atoms with Crippen LogP contribution in [0.5, 0.6) is 0 Å². The van der Waals surface area contributed by atoms with E-state index in [1.807, 2.05) is 0 Å². The van der Waals surface area contributed by atoms with Crippen molar-refractivity contribution in [2.45, 2.75) is 38.0 Å². The lowest BCUT2D eigenvalue weighted by Crippen LogP contribution is -2.46. The number of alkyl halides is 3. The molecule has 0 aromatic carbocycles. The van der Waals surface area contributed by atoms with Crippen molar-refractivity contribution in [3.63, 3.8) is 0 Å². The highest BCUT2D eigenvalue weighted by atomic mass is 19.4. The molecule has 0 fully saturated rings. The van der Waals surface area contributed by atoms with Crippen LogP contribution in [0.4, 0.5) is 17.6 Å². The Morgan fingerprint density at radius 1 is 1.37 bits per heavy atom. The Labute approximate surface area is 111 Å². The van der Waals surface area contributed by atoms with Crippen molar-refractivity contribution in [2.75, 3.05) is 13.9 Å². The molecule has 0 aromatic heterocycles. The average molecular weight is 284 g/mol. The largest absolute Gasteiger partial charge is 0.417 e. The fourth-order valence-electron chi connectivity index (χ4n) is 1.78. The molecule has 0 amide bonds. The Balaban J connectivity index is 4.93. The van der Waals surface area contributed by atoms with Crippen LogP contribution >= 0.6 is 0 Å². The Bertz CT molecular complexity index is 302. The molecule has 0 aromatic rings. The fourth-order valence-corrected chi connectivity index (χ4v) is 1.78. The lowest BCUT2D eigenvalue weighted by atomic mass is 9.86. The van der Waals surface area contributed by atoms with Crippen LogP contribution in [0, 0.1) is 5.92 Å². The molecule has 2 nitrogen and oxygen atoms in total. The van der Waals surface area contributed by atoms with Gasteiger partial charge in [0.15, 0.2) is 5.60 Å². The van der Waals surface area contributed by atoms with Crippen molar-refractivity contribution in [1.82, 2.24) is 0 Å². The zero-order valence-electron chi connectivity index (χ0n) is 11.2. The molecule has 19 heavy (non-hydrogen) atoms. The van der Waals surface area contributed by atoms with E-state index in [1.54, 1.807) is 0 Å². The van der Waals surface area contributed by atoms with Gasteiger partial charge in [-0.1, -0.05) is 12.7 Å². The lowest BCUT2D eigenvalue weighted by Gasteiger charge is -2.34. The van der Waals surface area contributed by atoms with E-state index in [2.05, 4.69) is 17.9 Å². The van der Waals surface area contributed by atoms with Crippen molar-refractivity contribution in [2.24, 2.45) is 5.92 Å². The maximum absolute atomic E-state index is 13.0. The van der Waals surface area contributed by atoms with E-state index in [9.17, 15) is 17.6 Å². The number of hydrogen-bond donors (Lipinski definition) is 0. The normalized spacial score (nSPS) is 16.7. The second kappa shape index (κ2) is 7.65. The van der Waals surface area contributed by atoms with E-state index in [-0.39, 0.29) is 19.3 Å². The average Bonchev–Trinajstić information content (AvgIpc) is 2.24. The third kappa shape index (κ3) is 6.20. The molecule has 0 spiro atoms. The van der Waals surface area contributed by atoms with Crippen LogP contribution in [0.1, 0.15) is 26.2 Å². The van der Waals surface area contributed by atoms with Crippen LogP contribution in [-0.4, -0.2) is 25.7 Å². The Morgan fingerprint density at radius 3 is 2.32 bits per heavy atom. The van der Waals surface area contributed by atoms with Gasteiger partial charge in [-0.25, -0.2) is 4.39 Å². The molecule has 0 saturated carbocycles. The summed E-state index contributed by atoms with van der Waals surface area (Å²) < 4.78 is 61.2. The van der Waals surface area contributed by atoms with Gasteiger partial charge in [-0.15, -0.1) is 6.58 Å². The number of hydrogen-bond acceptors (Lipinski definition) is 2. The molecule has 0 aliphatic heterocycles. The topological polar surface area (TPSA) is 18.5 Å². The number of ether oxygens (including phenoxy) is 2. The van der Waals surface area contributed by atoms with Crippen molar-refractivity contribution >= 4 is 0 Å². The molecular weight excluding hydrogens is 264 g/mol. The van der Waals surface area contributed by atoms with Gasteiger partial charge < -0.3 is 9.47 Å². The highest BCUT2D eigenvalue weighted by molar-refractivity contribution is 4.93. The van der Waals surface area contributed by atoms with Crippen LogP contribution in [0.15, 0.2) is 25.1 Å².